The van der Waals surface area contributed by atoms with E-state index in [4.69, 9.17) is 11.6 Å². The maximum Gasteiger partial charge on any atom is 0.295 e. The molecule has 3 aromatic rings. The highest BCUT2D eigenvalue weighted by Gasteiger charge is 2.47. The van der Waals surface area contributed by atoms with Crippen molar-refractivity contribution in [2.45, 2.75) is 31.2 Å². The Labute approximate surface area is 192 Å². The summed E-state index contributed by atoms with van der Waals surface area (Å²) in [5.74, 6) is -1.54. The Morgan fingerprint density at radius 3 is 2.09 bits per heavy atom. The zero-order valence-corrected chi connectivity index (χ0v) is 19.2. The monoisotopic (exact) mass is 467 g/mol. The van der Waals surface area contributed by atoms with Crippen molar-refractivity contribution < 1.29 is 18.3 Å². The first-order valence-corrected chi connectivity index (χ1v) is 12.0. The Bertz CT molecular complexity index is 1300. The molecule has 164 valence electrons. The molecule has 4 rings (SSSR count). The summed E-state index contributed by atoms with van der Waals surface area (Å²) in [6.45, 7) is 3.87. The lowest BCUT2D eigenvalue weighted by atomic mass is 10.1. The smallest absolute Gasteiger partial charge is 0.295 e. The molecule has 7 heteroatoms. The molecule has 0 spiro atoms. The third kappa shape index (κ3) is 3.80. The lowest BCUT2D eigenvalue weighted by molar-refractivity contribution is -0.117. The number of aryl methyl sites for hydroxylation is 2. The summed E-state index contributed by atoms with van der Waals surface area (Å²) >= 11 is 6.04. The number of hydrogen-bond acceptors (Lipinski definition) is 4. The van der Waals surface area contributed by atoms with Gasteiger partial charge < -0.3 is 5.11 Å². The third-order valence-electron chi connectivity index (χ3n) is 5.59. The molecule has 5 nitrogen and oxygen atoms in total. The largest absolute Gasteiger partial charge is 0.502 e. The minimum atomic E-state index is -4.16. The van der Waals surface area contributed by atoms with Crippen molar-refractivity contribution in [2.75, 3.05) is 4.90 Å². The summed E-state index contributed by atoms with van der Waals surface area (Å²) in [6.07, 6.45) is 0.825. The SMILES string of the molecule is CCc1ccc(N2C(=O)C(O)=C(S(=O)(=O)c3ccc(C)cc3)C2c2ccc(Cl)cc2)cc1. The van der Waals surface area contributed by atoms with Crippen molar-refractivity contribution in [3.63, 3.8) is 0 Å². The number of rotatable bonds is 5. The molecule has 32 heavy (non-hydrogen) atoms. The van der Waals surface area contributed by atoms with E-state index in [0.717, 1.165) is 17.5 Å². The van der Waals surface area contributed by atoms with Gasteiger partial charge in [-0.2, -0.15) is 0 Å². The maximum atomic E-state index is 13.6. The number of hydrogen-bond donors (Lipinski definition) is 1. The van der Waals surface area contributed by atoms with E-state index in [2.05, 4.69) is 0 Å². The van der Waals surface area contributed by atoms with Crippen LogP contribution in [-0.2, 0) is 21.1 Å². The van der Waals surface area contributed by atoms with Crippen LogP contribution in [0.5, 0.6) is 0 Å². The van der Waals surface area contributed by atoms with Crippen LogP contribution >= 0.6 is 11.6 Å². The van der Waals surface area contributed by atoms with E-state index in [1.807, 2.05) is 26.0 Å². The van der Waals surface area contributed by atoms with Crippen LogP contribution in [-0.4, -0.2) is 19.4 Å². The van der Waals surface area contributed by atoms with Crippen LogP contribution in [0.3, 0.4) is 0 Å². The van der Waals surface area contributed by atoms with E-state index in [9.17, 15) is 18.3 Å². The number of halogens is 1. The van der Waals surface area contributed by atoms with Crippen LogP contribution in [0, 0.1) is 6.92 Å². The van der Waals surface area contributed by atoms with Crippen molar-refractivity contribution in [1.29, 1.82) is 0 Å². The van der Waals surface area contributed by atoms with E-state index in [1.165, 1.54) is 17.0 Å². The van der Waals surface area contributed by atoms with Gasteiger partial charge in [0.15, 0.2) is 5.76 Å². The van der Waals surface area contributed by atoms with E-state index in [0.29, 0.717) is 16.3 Å². The molecule has 1 atom stereocenters. The number of amides is 1. The highest BCUT2D eigenvalue weighted by Crippen LogP contribution is 2.45. The Morgan fingerprint density at radius 2 is 1.53 bits per heavy atom. The summed E-state index contributed by atoms with van der Waals surface area (Å²) < 4.78 is 27.2. The zero-order valence-electron chi connectivity index (χ0n) is 17.6. The highest BCUT2D eigenvalue weighted by atomic mass is 35.5. The van der Waals surface area contributed by atoms with Gasteiger partial charge in [0.25, 0.3) is 5.91 Å². The second kappa shape index (κ2) is 8.45. The average molecular weight is 468 g/mol. The highest BCUT2D eigenvalue weighted by molar-refractivity contribution is 7.95. The second-order valence-electron chi connectivity index (χ2n) is 7.68. The molecule has 0 radical (unpaired) electrons. The van der Waals surface area contributed by atoms with Crippen LogP contribution in [0.1, 0.15) is 29.7 Å². The molecule has 1 unspecified atom stereocenters. The molecule has 0 bridgehead atoms. The number of sulfone groups is 1. The van der Waals surface area contributed by atoms with Gasteiger partial charge in [-0.3, -0.25) is 9.69 Å². The fourth-order valence-electron chi connectivity index (χ4n) is 3.81. The van der Waals surface area contributed by atoms with Crippen molar-refractivity contribution in [2.24, 2.45) is 0 Å². The Morgan fingerprint density at radius 1 is 0.938 bits per heavy atom. The van der Waals surface area contributed by atoms with Crippen molar-refractivity contribution in [1.82, 2.24) is 0 Å². The topological polar surface area (TPSA) is 74.7 Å². The van der Waals surface area contributed by atoms with Crippen LogP contribution < -0.4 is 4.90 Å². The van der Waals surface area contributed by atoms with Gasteiger partial charge in [0.2, 0.25) is 9.84 Å². The van der Waals surface area contributed by atoms with Gasteiger partial charge in [0.1, 0.15) is 10.9 Å². The minimum Gasteiger partial charge on any atom is -0.502 e. The number of aliphatic hydroxyl groups is 1. The van der Waals surface area contributed by atoms with Crippen molar-refractivity contribution in [3.05, 3.63) is 105 Å². The number of nitrogens with zero attached hydrogens (tertiary/aromatic N) is 1. The normalized spacial score (nSPS) is 16.7. The minimum absolute atomic E-state index is 0.0135. The Kier molecular flexibility index (Phi) is 5.84. The van der Waals surface area contributed by atoms with Gasteiger partial charge in [-0.25, -0.2) is 8.42 Å². The molecule has 1 N–H and O–H groups in total. The van der Waals surface area contributed by atoms with Gasteiger partial charge >= 0.3 is 0 Å². The van der Waals surface area contributed by atoms with E-state index in [1.54, 1.807) is 48.5 Å². The van der Waals surface area contributed by atoms with E-state index in [-0.39, 0.29) is 9.80 Å². The van der Waals surface area contributed by atoms with E-state index < -0.39 is 27.5 Å². The summed E-state index contributed by atoms with van der Waals surface area (Å²) in [6, 6.07) is 19.2. The van der Waals surface area contributed by atoms with Gasteiger partial charge in [-0.15, -0.1) is 0 Å². The van der Waals surface area contributed by atoms with Gasteiger partial charge in [-0.05, 0) is 60.9 Å². The molecule has 0 saturated heterocycles. The molecular formula is C25H22ClNO4S. The van der Waals surface area contributed by atoms with Gasteiger partial charge in [-0.1, -0.05) is 60.5 Å². The number of aliphatic hydroxyl groups excluding tert-OH is 1. The third-order valence-corrected chi connectivity index (χ3v) is 7.73. The van der Waals surface area contributed by atoms with E-state index >= 15 is 0 Å². The quantitative estimate of drug-likeness (QED) is 0.534. The summed E-state index contributed by atoms with van der Waals surface area (Å²) in [5, 5.41) is 11.3. The molecule has 1 aliphatic heterocycles. The molecule has 1 amide bonds. The fraction of sp³-hybridized carbons (Fsp3) is 0.160. The first kappa shape index (κ1) is 22.1. The van der Waals surface area contributed by atoms with Crippen LogP contribution in [0.4, 0.5) is 5.69 Å². The van der Waals surface area contributed by atoms with Crippen molar-refractivity contribution >= 4 is 33.0 Å². The molecule has 0 fully saturated rings. The zero-order chi connectivity index (χ0) is 23.0. The van der Waals surface area contributed by atoms with Crippen molar-refractivity contribution in [3.8, 4) is 0 Å². The molecule has 0 aromatic heterocycles. The number of carbonyl (C=O) groups excluding carboxylic acids is 1. The number of carbonyl (C=O) groups is 1. The summed E-state index contributed by atoms with van der Waals surface area (Å²) in [7, 11) is -4.16. The molecule has 0 saturated carbocycles. The van der Waals surface area contributed by atoms with Crippen LogP contribution in [0.25, 0.3) is 0 Å². The van der Waals surface area contributed by atoms with Crippen LogP contribution in [0.15, 0.2) is 88.4 Å². The molecule has 1 aliphatic rings. The molecular weight excluding hydrogens is 446 g/mol. The predicted molar refractivity (Wildman–Crippen MR) is 126 cm³/mol. The molecule has 1 heterocycles. The van der Waals surface area contributed by atoms with Crippen LogP contribution in [0.2, 0.25) is 5.02 Å². The van der Waals surface area contributed by atoms with Gasteiger partial charge in [0.05, 0.1) is 4.90 Å². The fourth-order valence-corrected chi connectivity index (χ4v) is 5.56. The number of anilines is 1. The number of benzene rings is 3. The lowest BCUT2D eigenvalue weighted by Crippen LogP contribution is -2.31. The maximum absolute atomic E-state index is 13.6. The summed E-state index contributed by atoms with van der Waals surface area (Å²) in [5.41, 5.74) is 2.99. The lowest BCUT2D eigenvalue weighted by Gasteiger charge is -2.27. The molecule has 3 aromatic carbocycles. The first-order valence-electron chi connectivity index (χ1n) is 10.2. The Hall–Kier alpha value is -3.09. The average Bonchev–Trinajstić information content (AvgIpc) is 3.06. The standard InChI is InChI=1S/C25H22ClNO4S/c1-3-17-6-12-20(13-7-17)27-22(18-8-10-19(26)11-9-18)24(23(28)25(27)29)32(30,31)21-14-4-16(2)5-15-21/h4-15,22,28H,3H2,1-2H3. The first-order chi connectivity index (χ1) is 15.2. The summed E-state index contributed by atoms with van der Waals surface area (Å²) in [4.78, 5) is 14.2. The predicted octanol–water partition coefficient (Wildman–Crippen LogP) is 5.54. The Balaban J connectivity index is 1.91. The second-order valence-corrected chi connectivity index (χ2v) is 10.0. The molecule has 0 aliphatic carbocycles. The van der Waals surface area contributed by atoms with Gasteiger partial charge in [0, 0.05) is 10.7 Å².